The molecule has 6 nitrogen and oxygen atoms in total. The van der Waals surface area contributed by atoms with E-state index < -0.39 is 5.41 Å². The number of para-hydroxylation sites is 1. The summed E-state index contributed by atoms with van der Waals surface area (Å²) in [4.78, 5) is 44.6. The Balaban J connectivity index is 1.41. The molecule has 2 saturated heterocycles. The summed E-state index contributed by atoms with van der Waals surface area (Å²) in [5.41, 5.74) is 0.756. The van der Waals surface area contributed by atoms with Crippen molar-refractivity contribution in [3.63, 3.8) is 0 Å². The molecule has 0 radical (unpaired) electrons. The van der Waals surface area contributed by atoms with E-state index in [1.165, 1.54) is 10.5 Å². The Morgan fingerprint density at radius 3 is 2.39 bits per heavy atom. The minimum absolute atomic E-state index is 0.00281. The molecule has 3 fully saturated rings. The fourth-order valence-corrected chi connectivity index (χ4v) is 6.55. The lowest BCUT2D eigenvalue weighted by Gasteiger charge is -2.32. The number of likely N-dealkylation sites (tertiary alicyclic amines) is 2. The van der Waals surface area contributed by atoms with Crippen LogP contribution >= 0.6 is 0 Å². The fourth-order valence-electron chi connectivity index (χ4n) is 6.55. The van der Waals surface area contributed by atoms with Gasteiger partial charge in [-0.1, -0.05) is 61.4 Å². The molecule has 6 heteroatoms. The molecule has 36 heavy (non-hydrogen) atoms. The maximum atomic E-state index is 14.1. The molecule has 1 saturated carbocycles. The highest BCUT2D eigenvalue weighted by Gasteiger charge is 2.57. The summed E-state index contributed by atoms with van der Waals surface area (Å²) in [6, 6.07) is 17.8. The van der Waals surface area contributed by atoms with Gasteiger partial charge in [0.05, 0.1) is 12.5 Å². The molecule has 0 aromatic heterocycles. The van der Waals surface area contributed by atoms with E-state index in [9.17, 15) is 14.4 Å². The summed E-state index contributed by atoms with van der Waals surface area (Å²) in [6.07, 6.45) is 6.63. The number of carbonyl (C=O) groups is 3. The third kappa shape index (κ3) is 4.54. The second-order valence-corrected chi connectivity index (χ2v) is 10.6. The van der Waals surface area contributed by atoms with E-state index in [2.05, 4.69) is 24.3 Å². The molecule has 0 N–H and O–H groups in total. The van der Waals surface area contributed by atoms with Crippen molar-refractivity contribution in [2.24, 2.45) is 0 Å². The van der Waals surface area contributed by atoms with Crippen molar-refractivity contribution in [2.45, 2.75) is 75.2 Å². The van der Waals surface area contributed by atoms with Gasteiger partial charge in [-0.25, -0.2) is 0 Å². The van der Waals surface area contributed by atoms with Crippen LogP contribution < -0.4 is 4.74 Å². The second-order valence-electron chi connectivity index (χ2n) is 10.6. The van der Waals surface area contributed by atoms with Crippen LogP contribution in [0.2, 0.25) is 0 Å². The molecular weight excluding hydrogens is 452 g/mol. The Bertz CT molecular complexity index is 1110. The highest BCUT2D eigenvalue weighted by atomic mass is 16.5. The van der Waals surface area contributed by atoms with Crippen molar-refractivity contribution in [3.05, 3.63) is 65.7 Å². The lowest BCUT2D eigenvalue weighted by atomic mass is 9.75. The summed E-state index contributed by atoms with van der Waals surface area (Å²) in [5.74, 6) is 0.545. The predicted molar refractivity (Wildman–Crippen MR) is 138 cm³/mol. The van der Waals surface area contributed by atoms with Crippen LogP contribution in [0.25, 0.3) is 0 Å². The number of carbonyl (C=O) groups excluding carboxylic acids is 3. The third-order valence-electron chi connectivity index (χ3n) is 8.47. The van der Waals surface area contributed by atoms with Gasteiger partial charge in [-0.3, -0.25) is 19.3 Å². The van der Waals surface area contributed by atoms with Crippen molar-refractivity contribution in [2.75, 3.05) is 20.2 Å². The van der Waals surface area contributed by atoms with Crippen molar-refractivity contribution in [1.29, 1.82) is 0 Å². The molecule has 3 aliphatic rings. The Kier molecular flexibility index (Phi) is 7.13. The second kappa shape index (κ2) is 10.5. The van der Waals surface area contributed by atoms with E-state index in [1.54, 1.807) is 7.11 Å². The molecule has 2 aromatic carbocycles. The number of methoxy groups -OCH3 is 1. The molecule has 2 unspecified atom stereocenters. The van der Waals surface area contributed by atoms with Gasteiger partial charge >= 0.3 is 0 Å². The predicted octanol–water partition coefficient (Wildman–Crippen LogP) is 4.82. The average molecular weight is 489 g/mol. The number of rotatable bonds is 6. The molecule has 5 rings (SSSR count). The van der Waals surface area contributed by atoms with Crippen LogP contribution in [0.15, 0.2) is 54.6 Å². The fraction of sp³-hybridized carbons (Fsp3) is 0.500. The van der Waals surface area contributed by atoms with Gasteiger partial charge in [-0.2, -0.15) is 0 Å². The Hall–Kier alpha value is -3.15. The summed E-state index contributed by atoms with van der Waals surface area (Å²) in [7, 11) is 1.57. The lowest BCUT2D eigenvalue weighted by Crippen LogP contribution is -2.46. The quantitative estimate of drug-likeness (QED) is 0.547. The van der Waals surface area contributed by atoms with E-state index in [0.717, 1.165) is 44.9 Å². The number of nitrogens with zero attached hydrogens (tertiary/aromatic N) is 2. The molecule has 3 amide bonds. The zero-order valence-corrected chi connectivity index (χ0v) is 21.2. The highest BCUT2D eigenvalue weighted by Crippen LogP contribution is 2.46. The number of hydrogen-bond acceptors (Lipinski definition) is 4. The number of amides is 3. The molecule has 2 heterocycles. The van der Waals surface area contributed by atoms with Crippen LogP contribution in [0, 0.1) is 0 Å². The van der Waals surface area contributed by atoms with E-state index in [1.807, 2.05) is 35.2 Å². The minimum atomic E-state index is -1.21. The summed E-state index contributed by atoms with van der Waals surface area (Å²) >= 11 is 0. The topological polar surface area (TPSA) is 66.9 Å². The largest absolute Gasteiger partial charge is 0.496 e. The molecule has 0 spiro atoms. The first-order chi connectivity index (χ1) is 17.5. The SMILES string of the molecule is COc1ccccc1C1(CC(=O)N2CCCC(c3ccccc3)CC2)CC(=O)N(C2CCCC2)C1=O. The van der Waals surface area contributed by atoms with Gasteiger partial charge in [0, 0.05) is 37.5 Å². The number of ether oxygens (including phenoxy) is 1. The zero-order chi connectivity index (χ0) is 25.1. The first-order valence-electron chi connectivity index (χ1n) is 13.4. The first-order valence-corrected chi connectivity index (χ1v) is 13.4. The Labute approximate surface area is 213 Å². The van der Waals surface area contributed by atoms with Gasteiger partial charge in [-0.15, -0.1) is 0 Å². The maximum Gasteiger partial charge on any atom is 0.241 e. The number of imide groups is 1. The molecule has 0 bridgehead atoms. The van der Waals surface area contributed by atoms with Gasteiger partial charge in [-0.05, 0) is 49.7 Å². The average Bonchev–Trinajstić information content (AvgIpc) is 3.41. The van der Waals surface area contributed by atoms with Crippen molar-refractivity contribution >= 4 is 17.7 Å². The van der Waals surface area contributed by atoms with Crippen molar-refractivity contribution < 1.29 is 19.1 Å². The normalized spacial score (nSPS) is 25.3. The van der Waals surface area contributed by atoms with Gasteiger partial charge in [0.25, 0.3) is 0 Å². The summed E-state index contributed by atoms with van der Waals surface area (Å²) in [6.45, 7) is 1.34. The third-order valence-corrected chi connectivity index (χ3v) is 8.47. The van der Waals surface area contributed by atoms with Crippen molar-refractivity contribution in [3.8, 4) is 5.75 Å². The van der Waals surface area contributed by atoms with Crippen LogP contribution in [-0.2, 0) is 19.8 Å². The van der Waals surface area contributed by atoms with Gasteiger partial charge < -0.3 is 9.64 Å². The van der Waals surface area contributed by atoms with Gasteiger partial charge in [0.1, 0.15) is 5.75 Å². The first kappa shape index (κ1) is 24.5. The zero-order valence-electron chi connectivity index (χ0n) is 21.2. The summed E-state index contributed by atoms with van der Waals surface area (Å²) < 4.78 is 5.63. The smallest absolute Gasteiger partial charge is 0.241 e. The Morgan fingerprint density at radius 2 is 1.64 bits per heavy atom. The number of benzene rings is 2. The van der Waals surface area contributed by atoms with Crippen LogP contribution in [0.1, 0.15) is 74.8 Å². The molecule has 1 aliphatic carbocycles. The van der Waals surface area contributed by atoms with Crippen LogP contribution in [0.5, 0.6) is 5.75 Å². The number of hydrogen-bond donors (Lipinski definition) is 0. The van der Waals surface area contributed by atoms with E-state index in [-0.39, 0.29) is 36.6 Å². The molecule has 2 aliphatic heterocycles. The molecular formula is C30H36N2O4. The van der Waals surface area contributed by atoms with Gasteiger partial charge in [0.2, 0.25) is 17.7 Å². The van der Waals surface area contributed by atoms with Crippen LogP contribution in [0.3, 0.4) is 0 Å². The highest BCUT2D eigenvalue weighted by molar-refractivity contribution is 6.11. The molecule has 2 atom stereocenters. The van der Waals surface area contributed by atoms with Crippen LogP contribution in [-0.4, -0.2) is 53.8 Å². The monoisotopic (exact) mass is 488 g/mol. The molecule has 190 valence electrons. The van der Waals surface area contributed by atoms with E-state index in [0.29, 0.717) is 30.3 Å². The van der Waals surface area contributed by atoms with E-state index in [4.69, 9.17) is 4.74 Å². The van der Waals surface area contributed by atoms with Crippen LogP contribution in [0.4, 0.5) is 0 Å². The Morgan fingerprint density at radius 1 is 0.917 bits per heavy atom. The minimum Gasteiger partial charge on any atom is -0.496 e. The van der Waals surface area contributed by atoms with Gasteiger partial charge in [0.15, 0.2) is 0 Å². The van der Waals surface area contributed by atoms with E-state index >= 15 is 0 Å². The molecule has 2 aromatic rings. The standard InChI is InChI=1S/C30H36N2O4/c1-36-26-16-8-7-15-25(26)30(21-28(34)32(29(30)35)24-13-5-6-14-24)20-27(33)31-18-9-12-23(17-19-31)22-10-3-2-4-11-22/h2-4,7-8,10-11,15-16,23-24H,5-6,9,12-14,17-21H2,1H3. The lowest BCUT2D eigenvalue weighted by molar-refractivity contribution is -0.144. The summed E-state index contributed by atoms with van der Waals surface area (Å²) in [5, 5.41) is 0. The van der Waals surface area contributed by atoms with Crippen molar-refractivity contribution in [1.82, 2.24) is 9.80 Å². The maximum absolute atomic E-state index is 14.1.